The van der Waals surface area contributed by atoms with Crippen LogP contribution in [0.2, 0.25) is 0 Å². The second-order valence-electron chi connectivity index (χ2n) is 7.26. The van der Waals surface area contributed by atoms with Crippen molar-refractivity contribution in [3.63, 3.8) is 0 Å². The lowest BCUT2D eigenvalue weighted by atomic mass is 9.85. The van der Waals surface area contributed by atoms with Crippen LogP contribution >= 0.6 is 0 Å². The van der Waals surface area contributed by atoms with Gasteiger partial charge in [-0.3, -0.25) is 4.18 Å². The second-order valence-corrected chi connectivity index (χ2v) is 8.88. The molecule has 1 aromatic carbocycles. The third-order valence-electron chi connectivity index (χ3n) is 5.11. The highest BCUT2D eigenvalue weighted by atomic mass is 32.2. The Balaban J connectivity index is 1.42. The van der Waals surface area contributed by atoms with E-state index in [0.29, 0.717) is 11.8 Å². The van der Waals surface area contributed by atoms with Crippen molar-refractivity contribution in [2.24, 2.45) is 5.92 Å². The number of hydrogen-bond donors (Lipinski definition) is 0. The summed E-state index contributed by atoms with van der Waals surface area (Å²) in [7, 11) is -3.67. The van der Waals surface area contributed by atoms with Gasteiger partial charge in [-0.2, -0.15) is 8.42 Å². The van der Waals surface area contributed by atoms with Crippen molar-refractivity contribution in [1.82, 2.24) is 4.98 Å². The first kappa shape index (κ1) is 19.8. The summed E-state index contributed by atoms with van der Waals surface area (Å²) in [4.78, 5) is 4.51. The molecule has 5 nitrogen and oxygen atoms in total. The molecule has 2 aromatic rings. The van der Waals surface area contributed by atoms with Crippen molar-refractivity contribution < 1.29 is 17.3 Å². The van der Waals surface area contributed by atoms with E-state index in [1.54, 1.807) is 30.5 Å². The number of rotatable bonds is 7. The summed E-state index contributed by atoms with van der Waals surface area (Å²) >= 11 is 0. The number of pyridine rings is 1. The van der Waals surface area contributed by atoms with Gasteiger partial charge in [-0.15, -0.1) is 0 Å². The minimum atomic E-state index is -3.67. The molecule has 0 saturated heterocycles. The first-order chi connectivity index (χ1) is 12.9. The van der Waals surface area contributed by atoms with Crippen LogP contribution in [0.5, 0.6) is 5.88 Å². The number of benzene rings is 1. The molecule has 1 aliphatic carbocycles. The van der Waals surface area contributed by atoms with Crippen molar-refractivity contribution in [3.8, 4) is 5.88 Å². The molecule has 1 aromatic heterocycles. The summed E-state index contributed by atoms with van der Waals surface area (Å²) < 4.78 is 35.7. The van der Waals surface area contributed by atoms with E-state index < -0.39 is 10.1 Å². The van der Waals surface area contributed by atoms with E-state index in [1.165, 1.54) is 0 Å². The molecule has 0 spiro atoms. The minimum absolute atomic E-state index is 0.187. The monoisotopic (exact) mass is 389 g/mol. The zero-order valence-electron chi connectivity index (χ0n) is 15.9. The van der Waals surface area contributed by atoms with Crippen molar-refractivity contribution in [2.75, 3.05) is 6.61 Å². The Labute approximate surface area is 161 Å². The standard InChI is InChI=1S/C21H27NO4S/c1-16-5-11-20(12-6-16)27(23,24)25-15-13-18-7-9-19(10-8-18)26-21-17(2)4-3-14-22-21/h3-6,11-12,14,18-19H,7-10,13,15H2,1-2H3. The normalized spacial score (nSPS) is 20.4. The van der Waals surface area contributed by atoms with Crippen LogP contribution in [0.15, 0.2) is 47.5 Å². The van der Waals surface area contributed by atoms with Crippen molar-refractivity contribution in [3.05, 3.63) is 53.7 Å². The van der Waals surface area contributed by atoms with Crippen LogP contribution in [0, 0.1) is 19.8 Å². The van der Waals surface area contributed by atoms with Crippen molar-refractivity contribution in [1.29, 1.82) is 0 Å². The third kappa shape index (κ3) is 5.53. The molecule has 146 valence electrons. The van der Waals surface area contributed by atoms with Gasteiger partial charge >= 0.3 is 0 Å². The van der Waals surface area contributed by atoms with Gasteiger partial charge in [-0.05, 0) is 70.1 Å². The largest absolute Gasteiger partial charge is 0.474 e. The van der Waals surface area contributed by atoms with Crippen LogP contribution in [0.3, 0.4) is 0 Å². The number of ether oxygens (including phenoxy) is 1. The zero-order valence-corrected chi connectivity index (χ0v) is 16.7. The SMILES string of the molecule is Cc1ccc(S(=O)(=O)OCCC2CCC(Oc3ncccc3C)CC2)cc1. The highest BCUT2D eigenvalue weighted by molar-refractivity contribution is 7.86. The van der Waals surface area contributed by atoms with Crippen LogP contribution in [-0.4, -0.2) is 26.1 Å². The maximum atomic E-state index is 12.2. The maximum Gasteiger partial charge on any atom is 0.296 e. The Bertz CT molecular complexity index is 841. The van der Waals surface area contributed by atoms with Gasteiger partial charge in [0.1, 0.15) is 6.10 Å². The summed E-state index contributed by atoms with van der Waals surface area (Å²) in [6, 6.07) is 10.6. The van der Waals surface area contributed by atoms with Gasteiger partial charge in [0.15, 0.2) is 0 Å². The fourth-order valence-electron chi connectivity index (χ4n) is 3.39. The van der Waals surface area contributed by atoms with E-state index >= 15 is 0 Å². The average Bonchev–Trinajstić information content (AvgIpc) is 2.65. The van der Waals surface area contributed by atoms with Crippen LogP contribution in [0.4, 0.5) is 0 Å². The Morgan fingerprint density at radius 2 is 1.74 bits per heavy atom. The summed E-state index contributed by atoms with van der Waals surface area (Å²) in [5.74, 6) is 1.19. The summed E-state index contributed by atoms with van der Waals surface area (Å²) in [5, 5.41) is 0. The van der Waals surface area contributed by atoms with E-state index in [-0.39, 0.29) is 17.6 Å². The number of nitrogens with zero attached hydrogens (tertiary/aromatic N) is 1. The molecular weight excluding hydrogens is 362 g/mol. The van der Waals surface area contributed by atoms with E-state index in [1.807, 2.05) is 26.0 Å². The molecule has 3 rings (SSSR count). The quantitative estimate of drug-likeness (QED) is 0.655. The summed E-state index contributed by atoms with van der Waals surface area (Å²) in [6.07, 6.45) is 6.65. The van der Waals surface area contributed by atoms with Gasteiger partial charge < -0.3 is 4.74 Å². The molecule has 0 unspecified atom stereocenters. The van der Waals surface area contributed by atoms with E-state index in [9.17, 15) is 8.42 Å². The van der Waals surface area contributed by atoms with Crippen molar-refractivity contribution in [2.45, 2.75) is 57.0 Å². The number of hydrogen-bond acceptors (Lipinski definition) is 5. The smallest absolute Gasteiger partial charge is 0.296 e. The molecule has 1 heterocycles. The molecule has 0 aliphatic heterocycles. The molecule has 27 heavy (non-hydrogen) atoms. The lowest BCUT2D eigenvalue weighted by molar-refractivity contribution is 0.117. The van der Waals surface area contributed by atoms with Gasteiger partial charge in [0, 0.05) is 11.8 Å². The first-order valence-corrected chi connectivity index (χ1v) is 10.9. The predicted molar refractivity (Wildman–Crippen MR) is 104 cm³/mol. The van der Waals surface area contributed by atoms with E-state index in [4.69, 9.17) is 8.92 Å². The summed E-state index contributed by atoms with van der Waals surface area (Å²) in [6.45, 7) is 4.15. The van der Waals surface area contributed by atoms with Crippen LogP contribution in [0.1, 0.15) is 43.2 Å². The van der Waals surface area contributed by atoms with Crippen LogP contribution < -0.4 is 4.74 Å². The number of aromatic nitrogens is 1. The van der Waals surface area contributed by atoms with E-state index in [0.717, 1.165) is 43.2 Å². The molecule has 0 amide bonds. The molecule has 0 atom stereocenters. The molecule has 1 aliphatic rings. The topological polar surface area (TPSA) is 65.5 Å². The fourth-order valence-corrected chi connectivity index (χ4v) is 4.31. The highest BCUT2D eigenvalue weighted by Crippen LogP contribution is 2.30. The van der Waals surface area contributed by atoms with Crippen molar-refractivity contribution >= 4 is 10.1 Å². The Morgan fingerprint density at radius 3 is 2.41 bits per heavy atom. The Morgan fingerprint density at radius 1 is 1.04 bits per heavy atom. The Hall–Kier alpha value is -1.92. The molecule has 0 radical (unpaired) electrons. The molecule has 0 N–H and O–H groups in total. The van der Waals surface area contributed by atoms with Crippen LogP contribution in [-0.2, 0) is 14.3 Å². The van der Waals surface area contributed by atoms with Gasteiger partial charge in [-0.1, -0.05) is 23.8 Å². The predicted octanol–water partition coefficient (Wildman–Crippen LogP) is 4.43. The minimum Gasteiger partial charge on any atom is -0.474 e. The highest BCUT2D eigenvalue weighted by Gasteiger charge is 2.24. The third-order valence-corrected chi connectivity index (χ3v) is 6.43. The average molecular weight is 390 g/mol. The summed E-state index contributed by atoms with van der Waals surface area (Å²) in [5.41, 5.74) is 2.07. The van der Waals surface area contributed by atoms with E-state index in [2.05, 4.69) is 4.98 Å². The maximum absolute atomic E-state index is 12.2. The number of aryl methyl sites for hydroxylation is 2. The lowest BCUT2D eigenvalue weighted by Gasteiger charge is -2.28. The van der Waals surface area contributed by atoms with Crippen LogP contribution in [0.25, 0.3) is 0 Å². The van der Waals surface area contributed by atoms with Gasteiger partial charge in [0.25, 0.3) is 10.1 Å². The fraction of sp³-hybridized carbons (Fsp3) is 0.476. The van der Waals surface area contributed by atoms with Gasteiger partial charge in [0.2, 0.25) is 5.88 Å². The zero-order chi connectivity index (χ0) is 19.3. The Kier molecular flexibility index (Phi) is 6.50. The molecule has 6 heteroatoms. The van der Waals surface area contributed by atoms with Gasteiger partial charge in [0.05, 0.1) is 11.5 Å². The second kappa shape index (κ2) is 8.85. The molecule has 1 fully saturated rings. The first-order valence-electron chi connectivity index (χ1n) is 9.48. The van der Waals surface area contributed by atoms with Gasteiger partial charge in [-0.25, -0.2) is 4.98 Å². The molecule has 1 saturated carbocycles. The molecular formula is C21H27NO4S. The molecule has 0 bridgehead atoms. The lowest BCUT2D eigenvalue weighted by Crippen LogP contribution is -2.25.